The van der Waals surface area contributed by atoms with Gasteiger partial charge >= 0.3 is 0 Å². The van der Waals surface area contributed by atoms with Gasteiger partial charge in [0.25, 0.3) is 0 Å². The molecule has 184 valence electrons. The van der Waals surface area contributed by atoms with Crippen molar-refractivity contribution >= 4 is 29.9 Å². The fourth-order valence-electron chi connectivity index (χ4n) is 4.42. The van der Waals surface area contributed by atoms with Crippen molar-refractivity contribution in [3.63, 3.8) is 0 Å². The normalized spacial score (nSPS) is 16.4. The summed E-state index contributed by atoms with van der Waals surface area (Å²) in [5.41, 5.74) is 6.30. The molecule has 0 saturated carbocycles. The summed E-state index contributed by atoms with van der Waals surface area (Å²) in [6, 6.07) is 9.24. The van der Waals surface area contributed by atoms with E-state index in [1.165, 1.54) is 48.3 Å². The molecule has 7 heteroatoms. The van der Waals surface area contributed by atoms with Gasteiger partial charge in [0, 0.05) is 31.9 Å². The van der Waals surface area contributed by atoms with Crippen LogP contribution in [0.1, 0.15) is 61.7 Å². The summed E-state index contributed by atoms with van der Waals surface area (Å²) in [4.78, 5) is 7.41. The van der Waals surface area contributed by atoms with Gasteiger partial charge in [-0.2, -0.15) is 5.10 Å². The standard InChI is InChI=1S/C26H42N6.HI/c1-7-27-26(29-20(3)16-25-21(4)30-31(6)22(25)5)28-17-23-8-10-24(11-9-23)18-32-14-12-19(2)13-15-32;/h8-11,19-20H,7,12-18H2,1-6H3,(H2,27,28,29);1H. The first-order chi connectivity index (χ1) is 15.4. The second-order valence-corrected chi connectivity index (χ2v) is 9.49. The van der Waals surface area contributed by atoms with Crippen LogP contribution in [0.3, 0.4) is 0 Å². The molecule has 33 heavy (non-hydrogen) atoms. The van der Waals surface area contributed by atoms with Crippen molar-refractivity contribution in [1.29, 1.82) is 0 Å². The van der Waals surface area contributed by atoms with Gasteiger partial charge < -0.3 is 10.6 Å². The lowest BCUT2D eigenvalue weighted by Gasteiger charge is -2.30. The van der Waals surface area contributed by atoms with Crippen LogP contribution >= 0.6 is 24.0 Å². The highest BCUT2D eigenvalue weighted by Crippen LogP contribution is 2.18. The van der Waals surface area contributed by atoms with Crippen LogP contribution < -0.4 is 10.6 Å². The van der Waals surface area contributed by atoms with E-state index in [1.807, 2.05) is 11.7 Å². The van der Waals surface area contributed by atoms with Gasteiger partial charge in [-0.15, -0.1) is 24.0 Å². The van der Waals surface area contributed by atoms with E-state index in [0.717, 1.165) is 37.1 Å². The Kier molecular flexibility index (Phi) is 11.2. The summed E-state index contributed by atoms with van der Waals surface area (Å²) in [5, 5.41) is 11.5. The van der Waals surface area contributed by atoms with Crippen LogP contribution in [0.25, 0.3) is 0 Å². The summed E-state index contributed by atoms with van der Waals surface area (Å²) in [6.07, 6.45) is 3.58. The highest BCUT2D eigenvalue weighted by atomic mass is 127. The first-order valence-electron chi connectivity index (χ1n) is 12.2. The lowest BCUT2D eigenvalue weighted by molar-refractivity contribution is 0.185. The smallest absolute Gasteiger partial charge is 0.191 e. The minimum Gasteiger partial charge on any atom is -0.357 e. The predicted molar refractivity (Wildman–Crippen MR) is 149 cm³/mol. The molecule has 1 aliphatic rings. The fourth-order valence-corrected chi connectivity index (χ4v) is 4.42. The van der Waals surface area contributed by atoms with Crippen LogP contribution in [0.4, 0.5) is 0 Å². The molecule has 2 N–H and O–H groups in total. The molecule has 2 aromatic rings. The summed E-state index contributed by atoms with van der Waals surface area (Å²) in [5.74, 6) is 1.75. The van der Waals surface area contributed by atoms with Gasteiger partial charge in [0.15, 0.2) is 5.96 Å². The number of benzene rings is 1. The maximum atomic E-state index is 4.83. The van der Waals surface area contributed by atoms with Crippen molar-refractivity contribution < 1.29 is 0 Å². The van der Waals surface area contributed by atoms with Crippen molar-refractivity contribution in [2.45, 2.75) is 73.0 Å². The average molecular weight is 567 g/mol. The largest absolute Gasteiger partial charge is 0.357 e. The van der Waals surface area contributed by atoms with Crippen LogP contribution in [0, 0.1) is 19.8 Å². The molecule has 1 saturated heterocycles. The van der Waals surface area contributed by atoms with Crippen molar-refractivity contribution in [3.8, 4) is 0 Å². The summed E-state index contributed by atoms with van der Waals surface area (Å²) in [6.45, 7) is 15.9. The number of aliphatic imine (C=N–C) groups is 1. The molecule has 1 aromatic carbocycles. The Bertz CT molecular complexity index is 881. The zero-order valence-corrected chi connectivity index (χ0v) is 23.6. The van der Waals surface area contributed by atoms with Crippen molar-refractivity contribution in [2.24, 2.45) is 18.0 Å². The molecule has 0 spiro atoms. The van der Waals surface area contributed by atoms with Crippen molar-refractivity contribution in [1.82, 2.24) is 25.3 Å². The number of nitrogens with one attached hydrogen (secondary N) is 2. The molecule has 1 aliphatic heterocycles. The highest BCUT2D eigenvalue weighted by molar-refractivity contribution is 14.0. The van der Waals surface area contributed by atoms with E-state index >= 15 is 0 Å². The Morgan fingerprint density at radius 1 is 1.15 bits per heavy atom. The zero-order valence-electron chi connectivity index (χ0n) is 21.3. The van der Waals surface area contributed by atoms with Gasteiger partial charge in [0.1, 0.15) is 0 Å². The van der Waals surface area contributed by atoms with E-state index < -0.39 is 0 Å². The Labute approximate surface area is 217 Å². The van der Waals surface area contributed by atoms with E-state index in [1.54, 1.807) is 0 Å². The quantitative estimate of drug-likeness (QED) is 0.279. The number of rotatable bonds is 8. The van der Waals surface area contributed by atoms with E-state index in [2.05, 4.69) is 79.5 Å². The Hall–Kier alpha value is -1.61. The number of nitrogens with zero attached hydrogens (tertiary/aromatic N) is 4. The Balaban J connectivity index is 0.00000385. The number of likely N-dealkylation sites (tertiary alicyclic amines) is 1. The molecular formula is C26H43IN6. The van der Waals surface area contributed by atoms with Gasteiger partial charge in [-0.05, 0) is 82.7 Å². The van der Waals surface area contributed by atoms with Crippen molar-refractivity contribution in [2.75, 3.05) is 19.6 Å². The summed E-state index contributed by atoms with van der Waals surface area (Å²) < 4.78 is 1.96. The van der Waals surface area contributed by atoms with Crippen LogP contribution in [0.2, 0.25) is 0 Å². The number of halogens is 1. The van der Waals surface area contributed by atoms with Gasteiger partial charge in [-0.25, -0.2) is 4.99 Å². The van der Waals surface area contributed by atoms with E-state index in [9.17, 15) is 0 Å². The second-order valence-electron chi connectivity index (χ2n) is 9.49. The lowest BCUT2D eigenvalue weighted by Crippen LogP contribution is -2.43. The van der Waals surface area contributed by atoms with Crippen molar-refractivity contribution in [3.05, 3.63) is 52.3 Å². The number of hydrogen-bond donors (Lipinski definition) is 2. The number of piperidine rings is 1. The second kappa shape index (κ2) is 13.3. The number of aromatic nitrogens is 2. The van der Waals surface area contributed by atoms with Crippen LogP contribution in [0.5, 0.6) is 0 Å². The molecule has 0 aliphatic carbocycles. The first-order valence-corrected chi connectivity index (χ1v) is 12.2. The summed E-state index contributed by atoms with van der Waals surface area (Å²) in [7, 11) is 2.01. The van der Waals surface area contributed by atoms with Gasteiger partial charge in [-0.1, -0.05) is 31.2 Å². The summed E-state index contributed by atoms with van der Waals surface area (Å²) >= 11 is 0. The monoisotopic (exact) mass is 566 g/mol. The van der Waals surface area contributed by atoms with E-state index in [-0.39, 0.29) is 30.0 Å². The number of guanidine groups is 1. The van der Waals surface area contributed by atoms with Gasteiger partial charge in [0.05, 0.1) is 12.2 Å². The Morgan fingerprint density at radius 3 is 2.36 bits per heavy atom. The third-order valence-electron chi connectivity index (χ3n) is 6.62. The highest BCUT2D eigenvalue weighted by Gasteiger charge is 2.16. The third kappa shape index (κ3) is 8.28. The lowest BCUT2D eigenvalue weighted by atomic mass is 9.99. The molecule has 0 bridgehead atoms. The maximum absolute atomic E-state index is 4.83. The molecule has 1 fully saturated rings. The number of hydrogen-bond acceptors (Lipinski definition) is 3. The van der Waals surface area contributed by atoms with Gasteiger partial charge in [-0.3, -0.25) is 9.58 Å². The minimum atomic E-state index is 0. The minimum absolute atomic E-state index is 0. The molecule has 6 nitrogen and oxygen atoms in total. The van der Waals surface area contributed by atoms with Crippen LogP contribution in [0.15, 0.2) is 29.3 Å². The predicted octanol–water partition coefficient (Wildman–Crippen LogP) is 4.57. The number of aryl methyl sites for hydroxylation is 2. The van der Waals surface area contributed by atoms with Gasteiger partial charge in [0.2, 0.25) is 0 Å². The zero-order chi connectivity index (χ0) is 23.1. The SMILES string of the molecule is CCNC(=NCc1ccc(CN2CCC(C)CC2)cc1)NC(C)Cc1c(C)nn(C)c1C.I. The molecule has 0 amide bonds. The molecular weight excluding hydrogens is 523 g/mol. The maximum Gasteiger partial charge on any atom is 0.191 e. The van der Waals surface area contributed by atoms with Crippen LogP contribution in [-0.4, -0.2) is 46.3 Å². The Morgan fingerprint density at radius 2 is 1.79 bits per heavy atom. The molecule has 3 rings (SSSR count). The molecule has 1 atom stereocenters. The van der Waals surface area contributed by atoms with Crippen LogP contribution in [-0.2, 0) is 26.6 Å². The molecule has 0 radical (unpaired) electrons. The van der Waals surface area contributed by atoms with E-state index in [0.29, 0.717) is 6.54 Å². The molecule has 2 heterocycles. The molecule has 1 aromatic heterocycles. The van der Waals surface area contributed by atoms with E-state index in [4.69, 9.17) is 4.99 Å². The topological polar surface area (TPSA) is 57.5 Å². The molecule has 1 unspecified atom stereocenters. The average Bonchev–Trinajstić information content (AvgIpc) is 3.00. The first kappa shape index (κ1) is 27.6. The third-order valence-corrected chi connectivity index (χ3v) is 6.62. The fraction of sp³-hybridized carbons (Fsp3) is 0.615.